The average molecular weight is 367 g/mol. The predicted molar refractivity (Wildman–Crippen MR) is 104 cm³/mol. The summed E-state index contributed by atoms with van der Waals surface area (Å²) in [6, 6.07) is 14.3. The van der Waals surface area contributed by atoms with Gasteiger partial charge >= 0.3 is 0 Å². The SMILES string of the molecule is Cc1ccc(NC(=O)CN(C)C(C)c2cc3ccccc3o2)cc1[N+](=O)[O-]. The van der Waals surface area contributed by atoms with Crippen molar-refractivity contribution in [2.24, 2.45) is 0 Å². The second kappa shape index (κ2) is 7.59. The summed E-state index contributed by atoms with van der Waals surface area (Å²) in [4.78, 5) is 24.8. The molecule has 2 aromatic carbocycles. The Balaban J connectivity index is 1.66. The van der Waals surface area contributed by atoms with E-state index in [1.807, 2.05) is 49.2 Å². The van der Waals surface area contributed by atoms with Crippen LogP contribution in [0, 0.1) is 17.0 Å². The summed E-state index contributed by atoms with van der Waals surface area (Å²) in [5.74, 6) is 0.524. The van der Waals surface area contributed by atoms with Crippen LogP contribution in [-0.2, 0) is 4.79 Å². The molecule has 1 heterocycles. The number of hydrogen-bond acceptors (Lipinski definition) is 5. The van der Waals surface area contributed by atoms with Crippen molar-refractivity contribution in [2.75, 3.05) is 18.9 Å². The molecule has 1 unspecified atom stereocenters. The number of nitrogens with zero attached hydrogens (tertiary/aromatic N) is 2. The number of nitrogens with one attached hydrogen (secondary N) is 1. The number of benzene rings is 2. The van der Waals surface area contributed by atoms with Crippen molar-refractivity contribution in [3.8, 4) is 0 Å². The van der Waals surface area contributed by atoms with E-state index in [0.29, 0.717) is 11.3 Å². The number of fused-ring (bicyclic) bond motifs is 1. The molecule has 27 heavy (non-hydrogen) atoms. The van der Waals surface area contributed by atoms with Gasteiger partial charge in [0.25, 0.3) is 5.69 Å². The highest BCUT2D eigenvalue weighted by Crippen LogP contribution is 2.27. The molecule has 0 aliphatic heterocycles. The maximum atomic E-state index is 12.3. The molecule has 140 valence electrons. The second-order valence-electron chi connectivity index (χ2n) is 6.58. The van der Waals surface area contributed by atoms with Crippen LogP contribution in [0.4, 0.5) is 11.4 Å². The number of furan rings is 1. The summed E-state index contributed by atoms with van der Waals surface area (Å²) >= 11 is 0. The Kier molecular flexibility index (Phi) is 5.23. The molecule has 0 aliphatic rings. The highest BCUT2D eigenvalue weighted by molar-refractivity contribution is 5.92. The lowest BCUT2D eigenvalue weighted by Crippen LogP contribution is -2.32. The van der Waals surface area contributed by atoms with Crippen molar-refractivity contribution in [1.29, 1.82) is 0 Å². The molecule has 1 amide bonds. The van der Waals surface area contributed by atoms with Gasteiger partial charge < -0.3 is 9.73 Å². The van der Waals surface area contributed by atoms with Crippen LogP contribution in [0.5, 0.6) is 0 Å². The lowest BCUT2D eigenvalue weighted by atomic mass is 10.2. The van der Waals surface area contributed by atoms with Gasteiger partial charge in [-0.1, -0.05) is 24.3 Å². The van der Waals surface area contributed by atoms with E-state index in [1.165, 1.54) is 6.07 Å². The molecule has 3 rings (SSSR count). The van der Waals surface area contributed by atoms with Crippen molar-refractivity contribution in [1.82, 2.24) is 4.90 Å². The highest BCUT2D eigenvalue weighted by Gasteiger charge is 2.19. The van der Waals surface area contributed by atoms with Crippen LogP contribution in [0.25, 0.3) is 11.0 Å². The molecule has 1 N–H and O–H groups in total. The number of anilines is 1. The van der Waals surface area contributed by atoms with E-state index >= 15 is 0 Å². The van der Waals surface area contributed by atoms with Gasteiger partial charge in [-0.2, -0.15) is 0 Å². The number of nitro benzene ring substituents is 1. The largest absolute Gasteiger partial charge is 0.459 e. The second-order valence-corrected chi connectivity index (χ2v) is 6.58. The highest BCUT2D eigenvalue weighted by atomic mass is 16.6. The molecular formula is C20H21N3O4. The maximum absolute atomic E-state index is 12.3. The van der Waals surface area contributed by atoms with E-state index < -0.39 is 4.92 Å². The summed E-state index contributed by atoms with van der Waals surface area (Å²) in [6.07, 6.45) is 0. The van der Waals surface area contributed by atoms with Crippen LogP contribution in [0.1, 0.15) is 24.3 Å². The number of carbonyl (C=O) groups excluding carboxylic acids is 1. The number of amides is 1. The number of carbonyl (C=O) groups is 1. The minimum atomic E-state index is -0.458. The van der Waals surface area contributed by atoms with Crippen molar-refractivity contribution >= 4 is 28.3 Å². The average Bonchev–Trinajstić information content (AvgIpc) is 3.06. The summed E-state index contributed by atoms with van der Waals surface area (Å²) in [7, 11) is 1.83. The molecule has 0 saturated carbocycles. The quantitative estimate of drug-likeness (QED) is 0.519. The Morgan fingerprint density at radius 1 is 1.26 bits per heavy atom. The molecule has 7 heteroatoms. The maximum Gasteiger partial charge on any atom is 0.274 e. The third-order valence-electron chi connectivity index (χ3n) is 4.60. The zero-order valence-corrected chi connectivity index (χ0v) is 15.4. The Morgan fingerprint density at radius 2 is 2.00 bits per heavy atom. The fourth-order valence-electron chi connectivity index (χ4n) is 2.87. The summed E-state index contributed by atoms with van der Waals surface area (Å²) in [5.41, 5.74) is 1.75. The fraction of sp³-hybridized carbons (Fsp3) is 0.250. The fourth-order valence-corrected chi connectivity index (χ4v) is 2.87. The van der Waals surface area contributed by atoms with Gasteiger partial charge in [-0.25, -0.2) is 0 Å². The first-order chi connectivity index (χ1) is 12.8. The van der Waals surface area contributed by atoms with Crippen LogP contribution in [-0.4, -0.2) is 29.3 Å². The van der Waals surface area contributed by atoms with Crippen molar-refractivity contribution in [2.45, 2.75) is 19.9 Å². The van der Waals surface area contributed by atoms with E-state index in [9.17, 15) is 14.9 Å². The number of aryl methyl sites for hydroxylation is 1. The van der Waals surface area contributed by atoms with Gasteiger partial charge in [0, 0.05) is 22.7 Å². The van der Waals surface area contributed by atoms with Gasteiger partial charge in [0.05, 0.1) is 17.5 Å². The third-order valence-corrected chi connectivity index (χ3v) is 4.60. The lowest BCUT2D eigenvalue weighted by molar-refractivity contribution is -0.385. The Hall–Kier alpha value is -3.19. The monoisotopic (exact) mass is 367 g/mol. The first kappa shape index (κ1) is 18.6. The van der Waals surface area contributed by atoms with Crippen molar-refractivity contribution in [3.63, 3.8) is 0 Å². The molecule has 0 saturated heterocycles. The van der Waals surface area contributed by atoms with Gasteiger partial charge in [0.15, 0.2) is 0 Å². The molecule has 1 aromatic heterocycles. The Labute approximate surface area is 156 Å². The van der Waals surface area contributed by atoms with Crippen LogP contribution in [0.3, 0.4) is 0 Å². The predicted octanol–water partition coefficient (Wildman–Crippen LogP) is 4.28. The van der Waals surface area contributed by atoms with Gasteiger partial charge in [0.1, 0.15) is 11.3 Å². The van der Waals surface area contributed by atoms with E-state index in [2.05, 4.69) is 5.32 Å². The molecule has 7 nitrogen and oxygen atoms in total. The van der Waals surface area contributed by atoms with Gasteiger partial charge in [-0.05, 0) is 39.1 Å². The van der Waals surface area contributed by atoms with Crippen molar-refractivity contribution < 1.29 is 14.1 Å². The standard InChI is InChI=1S/C20H21N3O4/c1-13-8-9-16(11-17(13)23(25)26)21-20(24)12-22(3)14(2)19-10-15-6-4-5-7-18(15)27-19/h4-11,14H,12H2,1-3H3,(H,21,24). The van der Waals surface area contributed by atoms with E-state index in [0.717, 1.165) is 16.7 Å². The number of nitro groups is 1. The molecule has 1 atom stereocenters. The molecule has 3 aromatic rings. The lowest BCUT2D eigenvalue weighted by Gasteiger charge is -2.22. The zero-order valence-electron chi connectivity index (χ0n) is 15.4. The Bertz CT molecular complexity index is 963. The number of rotatable bonds is 6. The van der Waals surface area contributed by atoms with Gasteiger partial charge in [-0.3, -0.25) is 19.8 Å². The summed E-state index contributed by atoms with van der Waals surface area (Å²) in [6.45, 7) is 3.74. The van der Waals surface area contributed by atoms with Crippen molar-refractivity contribution in [3.05, 3.63) is 70.0 Å². The van der Waals surface area contributed by atoms with Crippen LogP contribution < -0.4 is 5.32 Å². The van der Waals surface area contributed by atoms with E-state index in [4.69, 9.17) is 4.42 Å². The molecule has 0 fully saturated rings. The molecule has 0 aliphatic carbocycles. The Morgan fingerprint density at radius 3 is 2.70 bits per heavy atom. The molecule has 0 bridgehead atoms. The minimum absolute atomic E-state index is 0.0169. The summed E-state index contributed by atoms with van der Waals surface area (Å²) < 4.78 is 5.86. The number of para-hydroxylation sites is 1. The van der Waals surface area contributed by atoms with Gasteiger partial charge in [0.2, 0.25) is 5.91 Å². The third kappa shape index (κ3) is 4.15. The van der Waals surface area contributed by atoms with Crippen LogP contribution >= 0.6 is 0 Å². The van der Waals surface area contributed by atoms with Crippen LogP contribution in [0.15, 0.2) is 52.9 Å². The normalized spacial score (nSPS) is 12.3. The molecule has 0 spiro atoms. The first-order valence-corrected chi connectivity index (χ1v) is 8.59. The molecular weight excluding hydrogens is 346 g/mol. The number of likely N-dealkylation sites (N-methyl/N-ethyl adjacent to an activating group) is 1. The van der Waals surface area contributed by atoms with E-state index in [-0.39, 0.29) is 24.2 Å². The van der Waals surface area contributed by atoms with Gasteiger partial charge in [-0.15, -0.1) is 0 Å². The zero-order chi connectivity index (χ0) is 19.6. The van der Waals surface area contributed by atoms with E-state index in [1.54, 1.807) is 19.1 Å². The smallest absolute Gasteiger partial charge is 0.274 e. The summed E-state index contributed by atoms with van der Waals surface area (Å²) in [5, 5.41) is 14.8. The minimum Gasteiger partial charge on any atom is -0.459 e. The molecule has 0 radical (unpaired) electrons. The topological polar surface area (TPSA) is 88.6 Å². The van der Waals surface area contributed by atoms with Crippen LogP contribution in [0.2, 0.25) is 0 Å². The first-order valence-electron chi connectivity index (χ1n) is 8.59. The number of hydrogen-bond donors (Lipinski definition) is 1.